The summed E-state index contributed by atoms with van der Waals surface area (Å²) < 4.78 is 26.9. The molecule has 0 aliphatic carbocycles. The van der Waals surface area contributed by atoms with Crippen LogP contribution in [0.2, 0.25) is 0 Å². The SMILES string of the molecule is CC(NS(=O)(=O)CCCCCl)c1cccc2ccccc12. The fraction of sp³-hybridized carbons (Fsp3) is 0.375. The van der Waals surface area contributed by atoms with Crippen LogP contribution in [0.25, 0.3) is 10.8 Å². The Kier molecular flexibility index (Phi) is 5.62. The molecular weight excluding hydrogens is 306 g/mol. The molecule has 1 unspecified atom stereocenters. The van der Waals surface area contributed by atoms with E-state index in [2.05, 4.69) is 4.72 Å². The number of sulfonamides is 1. The molecule has 21 heavy (non-hydrogen) atoms. The molecule has 0 aliphatic rings. The fourth-order valence-corrected chi connectivity index (χ4v) is 3.96. The van der Waals surface area contributed by atoms with Crippen molar-refractivity contribution in [2.24, 2.45) is 0 Å². The van der Waals surface area contributed by atoms with Crippen LogP contribution in [-0.4, -0.2) is 20.1 Å². The average molecular weight is 326 g/mol. The van der Waals surface area contributed by atoms with Crippen LogP contribution < -0.4 is 4.72 Å². The molecule has 0 radical (unpaired) electrons. The first-order valence-electron chi connectivity index (χ1n) is 7.07. The van der Waals surface area contributed by atoms with Crippen LogP contribution >= 0.6 is 11.6 Å². The van der Waals surface area contributed by atoms with Crippen molar-refractivity contribution >= 4 is 32.4 Å². The van der Waals surface area contributed by atoms with Crippen molar-refractivity contribution in [3.05, 3.63) is 48.0 Å². The number of benzene rings is 2. The molecule has 0 saturated heterocycles. The molecule has 0 amide bonds. The van der Waals surface area contributed by atoms with Gasteiger partial charge in [-0.15, -0.1) is 11.6 Å². The number of nitrogens with one attached hydrogen (secondary N) is 1. The zero-order valence-corrected chi connectivity index (χ0v) is 13.6. The minimum absolute atomic E-state index is 0.120. The highest BCUT2D eigenvalue weighted by Crippen LogP contribution is 2.24. The Bertz CT molecular complexity index is 695. The zero-order valence-electron chi connectivity index (χ0n) is 12.0. The molecular formula is C16H20ClNO2S. The average Bonchev–Trinajstić information content (AvgIpc) is 2.46. The van der Waals surface area contributed by atoms with Crippen molar-refractivity contribution in [2.45, 2.75) is 25.8 Å². The highest BCUT2D eigenvalue weighted by Gasteiger charge is 2.16. The van der Waals surface area contributed by atoms with Gasteiger partial charge in [0.15, 0.2) is 0 Å². The second-order valence-electron chi connectivity index (χ2n) is 5.12. The lowest BCUT2D eigenvalue weighted by Gasteiger charge is -2.16. The number of halogens is 1. The van der Waals surface area contributed by atoms with E-state index >= 15 is 0 Å². The van der Waals surface area contributed by atoms with E-state index in [9.17, 15) is 8.42 Å². The van der Waals surface area contributed by atoms with Crippen molar-refractivity contribution in [1.82, 2.24) is 4.72 Å². The molecule has 114 valence electrons. The van der Waals surface area contributed by atoms with Gasteiger partial charge in [0.2, 0.25) is 10.0 Å². The summed E-state index contributed by atoms with van der Waals surface area (Å²) in [7, 11) is -3.28. The van der Waals surface area contributed by atoms with Crippen molar-refractivity contribution < 1.29 is 8.42 Å². The Balaban J connectivity index is 2.17. The Morgan fingerprint density at radius 1 is 1.10 bits per heavy atom. The standard InChI is InChI=1S/C16H20ClNO2S/c1-13(18-21(19,20)12-5-4-11-17)15-10-6-8-14-7-2-3-9-16(14)15/h2-3,6-10,13,18H,4-5,11-12H2,1H3. The molecule has 2 aromatic carbocycles. The predicted octanol–water partition coefficient (Wildman–Crippen LogP) is 3.84. The summed E-state index contributed by atoms with van der Waals surface area (Å²) in [6, 6.07) is 13.7. The van der Waals surface area contributed by atoms with Crippen molar-refractivity contribution in [1.29, 1.82) is 0 Å². The van der Waals surface area contributed by atoms with Crippen LogP contribution in [-0.2, 0) is 10.0 Å². The van der Waals surface area contributed by atoms with Gasteiger partial charge in [-0.25, -0.2) is 13.1 Å². The van der Waals surface area contributed by atoms with E-state index in [1.807, 2.05) is 49.4 Å². The van der Waals surface area contributed by atoms with Gasteiger partial charge in [0.05, 0.1) is 5.75 Å². The molecule has 0 aromatic heterocycles. The molecule has 0 saturated carbocycles. The molecule has 0 aliphatic heterocycles. The van der Waals surface area contributed by atoms with E-state index in [1.54, 1.807) is 0 Å². The van der Waals surface area contributed by atoms with Gasteiger partial charge in [0, 0.05) is 11.9 Å². The van der Waals surface area contributed by atoms with Gasteiger partial charge in [0.1, 0.15) is 0 Å². The fourth-order valence-electron chi connectivity index (χ4n) is 2.41. The first-order valence-corrected chi connectivity index (χ1v) is 9.26. The van der Waals surface area contributed by atoms with E-state index in [4.69, 9.17) is 11.6 Å². The van der Waals surface area contributed by atoms with Crippen LogP contribution in [0.5, 0.6) is 0 Å². The van der Waals surface area contributed by atoms with Gasteiger partial charge in [-0.2, -0.15) is 0 Å². The maximum absolute atomic E-state index is 12.1. The number of fused-ring (bicyclic) bond motifs is 1. The summed E-state index contributed by atoms with van der Waals surface area (Å²) in [6.07, 6.45) is 1.30. The van der Waals surface area contributed by atoms with Gasteiger partial charge >= 0.3 is 0 Å². The molecule has 2 aromatic rings. The molecule has 1 N–H and O–H groups in total. The smallest absolute Gasteiger partial charge is 0.212 e. The summed E-state index contributed by atoms with van der Waals surface area (Å²) in [5.74, 6) is 0.614. The second-order valence-corrected chi connectivity index (χ2v) is 7.37. The highest BCUT2D eigenvalue weighted by molar-refractivity contribution is 7.89. The zero-order chi connectivity index (χ0) is 15.3. The summed E-state index contributed by atoms with van der Waals surface area (Å²) in [5.41, 5.74) is 0.994. The number of hydrogen-bond donors (Lipinski definition) is 1. The van der Waals surface area contributed by atoms with Crippen LogP contribution in [0, 0.1) is 0 Å². The largest absolute Gasteiger partial charge is 0.212 e. The lowest BCUT2D eigenvalue weighted by atomic mass is 10.0. The van der Waals surface area contributed by atoms with Crippen molar-refractivity contribution in [2.75, 3.05) is 11.6 Å². The molecule has 2 rings (SSSR count). The Labute approximate surface area is 131 Å². The molecule has 3 nitrogen and oxygen atoms in total. The summed E-state index contributed by atoms with van der Waals surface area (Å²) in [4.78, 5) is 0. The van der Waals surface area contributed by atoms with Crippen LogP contribution in [0.3, 0.4) is 0 Å². The summed E-state index contributed by atoms with van der Waals surface area (Å²) >= 11 is 5.58. The molecule has 0 fully saturated rings. The van der Waals surface area contributed by atoms with Crippen molar-refractivity contribution in [3.63, 3.8) is 0 Å². The Morgan fingerprint density at radius 2 is 1.81 bits per heavy atom. The monoisotopic (exact) mass is 325 g/mol. The lowest BCUT2D eigenvalue weighted by Crippen LogP contribution is -2.29. The van der Waals surface area contributed by atoms with Gasteiger partial charge < -0.3 is 0 Å². The maximum Gasteiger partial charge on any atom is 0.212 e. The minimum atomic E-state index is -3.28. The molecule has 1 atom stereocenters. The maximum atomic E-state index is 12.1. The van der Waals surface area contributed by atoms with E-state index in [1.165, 1.54) is 0 Å². The van der Waals surface area contributed by atoms with E-state index in [0.717, 1.165) is 16.3 Å². The number of hydrogen-bond acceptors (Lipinski definition) is 2. The third-order valence-corrected chi connectivity index (χ3v) is 5.25. The molecule has 0 heterocycles. The topological polar surface area (TPSA) is 46.2 Å². The van der Waals surface area contributed by atoms with Gasteiger partial charge in [0.25, 0.3) is 0 Å². The van der Waals surface area contributed by atoms with Gasteiger partial charge in [-0.1, -0.05) is 42.5 Å². The van der Waals surface area contributed by atoms with Crippen molar-refractivity contribution in [3.8, 4) is 0 Å². The lowest BCUT2D eigenvalue weighted by molar-refractivity contribution is 0.564. The highest BCUT2D eigenvalue weighted by atomic mass is 35.5. The number of unbranched alkanes of at least 4 members (excludes halogenated alkanes) is 1. The van der Waals surface area contributed by atoms with Gasteiger partial charge in [-0.05, 0) is 36.1 Å². The quantitative estimate of drug-likeness (QED) is 0.621. The minimum Gasteiger partial charge on any atom is -0.212 e. The predicted molar refractivity (Wildman–Crippen MR) is 89.2 cm³/mol. The first kappa shape index (κ1) is 16.3. The Hall–Kier alpha value is -1.10. The molecule has 0 spiro atoms. The van der Waals surface area contributed by atoms with Crippen LogP contribution in [0.4, 0.5) is 0 Å². The molecule has 0 bridgehead atoms. The third kappa shape index (κ3) is 4.43. The number of alkyl halides is 1. The van der Waals surface area contributed by atoms with E-state index < -0.39 is 10.0 Å². The summed E-state index contributed by atoms with van der Waals surface area (Å²) in [6.45, 7) is 1.88. The molecule has 5 heteroatoms. The first-order chi connectivity index (χ1) is 10.0. The number of rotatable bonds is 7. The van der Waals surface area contributed by atoms with Crippen LogP contribution in [0.1, 0.15) is 31.4 Å². The Morgan fingerprint density at radius 3 is 2.57 bits per heavy atom. The normalized spacial score (nSPS) is 13.4. The van der Waals surface area contributed by atoms with Gasteiger partial charge in [-0.3, -0.25) is 0 Å². The summed E-state index contributed by atoms with van der Waals surface area (Å²) in [5, 5.41) is 2.19. The van der Waals surface area contributed by atoms with E-state index in [-0.39, 0.29) is 11.8 Å². The van der Waals surface area contributed by atoms with Crippen LogP contribution in [0.15, 0.2) is 42.5 Å². The second kappa shape index (κ2) is 7.25. The van der Waals surface area contributed by atoms with E-state index in [0.29, 0.717) is 18.7 Å². The third-order valence-electron chi connectivity index (χ3n) is 3.44.